The Hall–Kier alpha value is -0.220. The molecule has 1 saturated carbocycles. The van der Waals surface area contributed by atoms with E-state index in [0.717, 1.165) is 12.8 Å². The Kier molecular flexibility index (Phi) is 4.68. The first kappa shape index (κ1) is 13.8. The predicted octanol–water partition coefficient (Wildman–Crippen LogP) is 2.52. The fourth-order valence-corrected chi connectivity index (χ4v) is 1.96. The third kappa shape index (κ3) is 3.98. The van der Waals surface area contributed by atoms with Crippen molar-refractivity contribution in [3.63, 3.8) is 0 Å². The van der Waals surface area contributed by atoms with Gasteiger partial charge in [-0.3, -0.25) is 4.90 Å². The molecule has 0 unspecified atom stereocenters. The second kappa shape index (κ2) is 5.41. The molecule has 1 saturated heterocycles. The van der Waals surface area contributed by atoms with Crippen molar-refractivity contribution in [2.75, 3.05) is 26.2 Å². The van der Waals surface area contributed by atoms with Gasteiger partial charge in [-0.15, -0.1) is 0 Å². The number of hydrogen-bond donors (Lipinski definition) is 1. The lowest BCUT2D eigenvalue weighted by atomic mass is 10.1. The molecule has 1 N–H and O–H groups in total. The van der Waals surface area contributed by atoms with Gasteiger partial charge in [0.05, 0.1) is 6.54 Å². The summed E-state index contributed by atoms with van der Waals surface area (Å²) in [7, 11) is 0. The van der Waals surface area contributed by atoms with Crippen LogP contribution in [0, 0.1) is 5.41 Å². The van der Waals surface area contributed by atoms with Gasteiger partial charge in [-0.1, -0.05) is 20.3 Å². The van der Waals surface area contributed by atoms with Gasteiger partial charge in [-0.25, -0.2) is 8.78 Å². The minimum Gasteiger partial charge on any atom is -0.396 e. The molecule has 2 rings (SSSR count). The standard InChI is InChI=1S/C9H15F2NO.C3H8/c10-9(11)3-4-12(6-9)5-8(7-13)1-2-8;1-3-2/h13H,1-7H2;3H2,1-2H3. The Morgan fingerprint density at radius 3 is 2.06 bits per heavy atom. The highest BCUT2D eigenvalue weighted by atomic mass is 19.3. The molecule has 96 valence electrons. The smallest absolute Gasteiger partial charge is 0.261 e. The molecule has 0 spiro atoms. The Balaban J connectivity index is 0.000000386. The summed E-state index contributed by atoms with van der Waals surface area (Å²) in [6, 6.07) is 0. The number of nitrogens with zero attached hydrogens (tertiary/aromatic N) is 1. The van der Waals surface area contributed by atoms with Crippen molar-refractivity contribution in [2.24, 2.45) is 5.41 Å². The van der Waals surface area contributed by atoms with E-state index in [1.54, 1.807) is 4.90 Å². The summed E-state index contributed by atoms with van der Waals surface area (Å²) in [6.45, 7) is 5.41. The highest BCUT2D eigenvalue weighted by molar-refractivity contribution is 4.97. The normalized spacial score (nSPS) is 26.1. The van der Waals surface area contributed by atoms with E-state index in [0.29, 0.717) is 13.1 Å². The third-order valence-corrected chi connectivity index (χ3v) is 3.10. The molecule has 4 heteroatoms. The number of likely N-dealkylation sites (tertiary alicyclic amines) is 1. The lowest BCUT2D eigenvalue weighted by Crippen LogP contribution is -2.32. The average Bonchev–Trinajstić information content (AvgIpc) is 2.88. The summed E-state index contributed by atoms with van der Waals surface area (Å²) in [4.78, 5) is 1.78. The van der Waals surface area contributed by atoms with Crippen molar-refractivity contribution >= 4 is 0 Å². The van der Waals surface area contributed by atoms with Crippen LogP contribution in [0.3, 0.4) is 0 Å². The maximum absolute atomic E-state index is 12.8. The van der Waals surface area contributed by atoms with Gasteiger partial charge in [0.2, 0.25) is 0 Å². The van der Waals surface area contributed by atoms with Crippen LogP contribution in [0.5, 0.6) is 0 Å². The van der Waals surface area contributed by atoms with Crippen LogP contribution < -0.4 is 0 Å². The molecule has 2 fully saturated rings. The average molecular weight is 235 g/mol. The monoisotopic (exact) mass is 235 g/mol. The van der Waals surface area contributed by atoms with Crippen molar-refractivity contribution in [1.29, 1.82) is 0 Å². The number of hydrogen-bond acceptors (Lipinski definition) is 2. The van der Waals surface area contributed by atoms with E-state index in [2.05, 4.69) is 13.8 Å². The molecule has 0 radical (unpaired) electrons. The van der Waals surface area contributed by atoms with Gasteiger partial charge in [0.25, 0.3) is 5.92 Å². The summed E-state index contributed by atoms with van der Waals surface area (Å²) in [5.41, 5.74) is -0.0274. The third-order valence-electron chi connectivity index (χ3n) is 3.10. The maximum atomic E-state index is 12.8. The van der Waals surface area contributed by atoms with Gasteiger partial charge < -0.3 is 5.11 Å². The van der Waals surface area contributed by atoms with Gasteiger partial charge in [0, 0.05) is 31.5 Å². The number of aliphatic hydroxyl groups excluding tert-OH is 1. The quantitative estimate of drug-likeness (QED) is 0.812. The van der Waals surface area contributed by atoms with Crippen molar-refractivity contribution in [1.82, 2.24) is 4.90 Å². The molecule has 0 bridgehead atoms. The van der Waals surface area contributed by atoms with Crippen LogP contribution >= 0.6 is 0 Å². The van der Waals surface area contributed by atoms with E-state index in [1.807, 2.05) is 0 Å². The molecule has 16 heavy (non-hydrogen) atoms. The minimum atomic E-state index is -2.49. The van der Waals surface area contributed by atoms with Crippen molar-refractivity contribution < 1.29 is 13.9 Å². The fourth-order valence-electron chi connectivity index (χ4n) is 1.96. The first-order chi connectivity index (χ1) is 7.47. The highest BCUT2D eigenvalue weighted by Crippen LogP contribution is 2.46. The summed E-state index contributed by atoms with van der Waals surface area (Å²) in [6.07, 6.45) is 3.21. The van der Waals surface area contributed by atoms with Crippen LogP contribution in [0.4, 0.5) is 8.78 Å². The molecule has 0 aromatic carbocycles. The van der Waals surface area contributed by atoms with Crippen LogP contribution in [0.15, 0.2) is 0 Å². The van der Waals surface area contributed by atoms with Crippen molar-refractivity contribution in [2.45, 2.75) is 45.5 Å². The molecule has 2 nitrogen and oxygen atoms in total. The molecule has 0 atom stereocenters. The highest BCUT2D eigenvalue weighted by Gasteiger charge is 2.47. The van der Waals surface area contributed by atoms with E-state index in [1.165, 1.54) is 6.42 Å². The van der Waals surface area contributed by atoms with Gasteiger partial charge in [-0.2, -0.15) is 0 Å². The number of rotatable bonds is 3. The topological polar surface area (TPSA) is 23.5 Å². The SMILES string of the molecule is CCC.OCC1(CN2CCC(F)(F)C2)CC1. The first-order valence-electron chi connectivity index (χ1n) is 6.18. The Labute approximate surface area is 96.6 Å². The van der Waals surface area contributed by atoms with Crippen LogP contribution in [0.1, 0.15) is 39.5 Å². The van der Waals surface area contributed by atoms with E-state index >= 15 is 0 Å². The van der Waals surface area contributed by atoms with Crippen LogP contribution in [0.25, 0.3) is 0 Å². The number of halogens is 2. The minimum absolute atomic E-state index is 0.0193. The lowest BCUT2D eigenvalue weighted by molar-refractivity contribution is 0.00910. The zero-order chi connectivity index (χ0) is 12.2. The summed E-state index contributed by atoms with van der Waals surface area (Å²) in [5, 5.41) is 9.03. The maximum Gasteiger partial charge on any atom is 0.261 e. The van der Waals surface area contributed by atoms with Crippen LogP contribution in [-0.2, 0) is 0 Å². The molecule has 0 aromatic rings. The van der Waals surface area contributed by atoms with E-state index in [4.69, 9.17) is 5.11 Å². The van der Waals surface area contributed by atoms with Crippen LogP contribution in [-0.4, -0.2) is 42.2 Å². The molecule has 1 aliphatic carbocycles. The zero-order valence-corrected chi connectivity index (χ0v) is 10.3. The molecular weight excluding hydrogens is 212 g/mol. The Bertz CT molecular complexity index is 217. The van der Waals surface area contributed by atoms with E-state index in [-0.39, 0.29) is 25.0 Å². The van der Waals surface area contributed by atoms with E-state index < -0.39 is 5.92 Å². The molecule has 0 aromatic heterocycles. The zero-order valence-electron chi connectivity index (χ0n) is 10.3. The summed E-state index contributed by atoms with van der Waals surface area (Å²) >= 11 is 0. The second-order valence-electron chi connectivity index (χ2n) is 5.18. The fraction of sp³-hybridized carbons (Fsp3) is 1.00. The molecule has 1 aliphatic heterocycles. The van der Waals surface area contributed by atoms with Crippen molar-refractivity contribution in [3.8, 4) is 0 Å². The lowest BCUT2D eigenvalue weighted by Gasteiger charge is -2.21. The Morgan fingerprint density at radius 1 is 1.19 bits per heavy atom. The second-order valence-corrected chi connectivity index (χ2v) is 5.18. The molecule has 1 heterocycles. The van der Waals surface area contributed by atoms with Gasteiger partial charge in [0.15, 0.2) is 0 Å². The largest absolute Gasteiger partial charge is 0.396 e. The Morgan fingerprint density at radius 2 is 1.75 bits per heavy atom. The summed E-state index contributed by atoms with van der Waals surface area (Å²) < 4.78 is 25.6. The molecule has 2 aliphatic rings. The molecule has 0 amide bonds. The van der Waals surface area contributed by atoms with Gasteiger partial charge in [0.1, 0.15) is 0 Å². The predicted molar refractivity (Wildman–Crippen MR) is 60.7 cm³/mol. The van der Waals surface area contributed by atoms with Crippen molar-refractivity contribution in [3.05, 3.63) is 0 Å². The van der Waals surface area contributed by atoms with Gasteiger partial charge >= 0.3 is 0 Å². The van der Waals surface area contributed by atoms with Crippen LogP contribution in [0.2, 0.25) is 0 Å². The van der Waals surface area contributed by atoms with E-state index in [9.17, 15) is 8.78 Å². The number of alkyl halides is 2. The molecular formula is C12H23F2NO. The first-order valence-corrected chi connectivity index (χ1v) is 6.18. The summed E-state index contributed by atoms with van der Waals surface area (Å²) in [5.74, 6) is -2.49. The van der Waals surface area contributed by atoms with Gasteiger partial charge in [-0.05, 0) is 12.8 Å². The number of aliphatic hydroxyl groups is 1.